The molecule has 0 amide bonds. The topological polar surface area (TPSA) is 26.0 Å². The zero-order valence-corrected chi connectivity index (χ0v) is 11.1. The van der Waals surface area contributed by atoms with Crippen LogP contribution in [0.15, 0.2) is 66.7 Å². The SMILES string of the molecule is Nc1ccc(-c2cccc3c2-c2ccccc2C3)cc1. The summed E-state index contributed by atoms with van der Waals surface area (Å²) in [4.78, 5) is 0. The summed E-state index contributed by atoms with van der Waals surface area (Å²) >= 11 is 0. The lowest BCUT2D eigenvalue weighted by Crippen LogP contribution is -1.87. The van der Waals surface area contributed by atoms with E-state index in [1.54, 1.807) is 0 Å². The molecule has 3 aromatic carbocycles. The Morgan fingerprint density at radius 1 is 0.650 bits per heavy atom. The lowest BCUT2D eigenvalue weighted by atomic mass is 9.94. The normalized spacial score (nSPS) is 12.0. The zero-order chi connectivity index (χ0) is 13.5. The minimum absolute atomic E-state index is 0.807. The van der Waals surface area contributed by atoms with Crippen LogP contribution in [-0.4, -0.2) is 0 Å². The third kappa shape index (κ3) is 1.64. The third-order valence-corrected chi connectivity index (χ3v) is 4.04. The summed E-state index contributed by atoms with van der Waals surface area (Å²) in [7, 11) is 0. The summed E-state index contributed by atoms with van der Waals surface area (Å²) in [5.41, 5.74) is 14.7. The van der Waals surface area contributed by atoms with Crippen LogP contribution in [-0.2, 0) is 6.42 Å². The van der Waals surface area contributed by atoms with E-state index in [1.165, 1.54) is 33.4 Å². The van der Waals surface area contributed by atoms with Crippen LogP contribution in [0.4, 0.5) is 5.69 Å². The maximum absolute atomic E-state index is 5.79. The maximum Gasteiger partial charge on any atom is 0.0314 e. The van der Waals surface area contributed by atoms with Crippen molar-refractivity contribution in [1.82, 2.24) is 0 Å². The fourth-order valence-electron chi connectivity index (χ4n) is 3.09. The monoisotopic (exact) mass is 257 g/mol. The van der Waals surface area contributed by atoms with Crippen molar-refractivity contribution in [1.29, 1.82) is 0 Å². The molecule has 1 aliphatic rings. The fraction of sp³-hybridized carbons (Fsp3) is 0.0526. The van der Waals surface area contributed by atoms with E-state index in [1.807, 2.05) is 12.1 Å². The van der Waals surface area contributed by atoms with E-state index in [9.17, 15) is 0 Å². The Kier molecular flexibility index (Phi) is 2.40. The van der Waals surface area contributed by atoms with Crippen molar-refractivity contribution in [2.24, 2.45) is 0 Å². The van der Waals surface area contributed by atoms with Crippen LogP contribution in [0.1, 0.15) is 11.1 Å². The Balaban J connectivity index is 1.97. The van der Waals surface area contributed by atoms with E-state index < -0.39 is 0 Å². The maximum atomic E-state index is 5.79. The second-order valence-corrected chi connectivity index (χ2v) is 5.30. The van der Waals surface area contributed by atoms with Gasteiger partial charge in [0.1, 0.15) is 0 Å². The highest BCUT2D eigenvalue weighted by atomic mass is 14.5. The molecule has 0 unspecified atom stereocenters. The molecule has 0 radical (unpaired) electrons. The molecule has 3 aromatic rings. The van der Waals surface area contributed by atoms with Gasteiger partial charge < -0.3 is 5.73 Å². The molecule has 1 aliphatic carbocycles. The van der Waals surface area contributed by atoms with Crippen LogP contribution >= 0.6 is 0 Å². The molecule has 0 fully saturated rings. The Morgan fingerprint density at radius 2 is 1.35 bits per heavy atom. The summed E-state index contributed by atoms with van der Waals surface area (Å²) < 4.78 is 0. The van der Waals surface area contributed by atoms with Crippen molar-refractivity contribution < 1.29 is 0 Å². The number of nitrogens with two attached hydrogens (primary N) is 1. The molecular formula is C19H15N. The van der Waals surface area contributed by atoms with E-state index in [0.717, 1.165) is 12.1 Å². The first kappa shape index (κ1) is 11.3. The van der Waals surface area contributed by atoms with Gasteiger partial charge in [-0.1, -0.05) is 54.6 Å². The van der Waals surface area contributed by atoms with Crippen LogP contribution in [0.25, 0.3) is 22.3 Å². The standard InChI is InChI=1S/C19H15N/c20-16-10-8-13(9-11-16)17-7-3-5-15-12-14-4-1-2-6-18(14)19(15)17/h1-11H,12,20H2. The predicted octanol–water partition coefficient (Wildman–Crippen LogP) is 4.51. The highest BCUT2D eigenvalue weighted by Gasteiger charge is 2.20. The van der Waals surface area contributed by atoms with Crippen molar-refractivity contribution in [2.75, 3.05) is 5.73 Å². The number of nitrogen functional groups attached to an aromatic ring is 1. The van der Waals surface area contributed by atoms with Crippen LogP contribution in [0.3, 0.4) is 0 Å². The first-order chi connectivity index (χ1) is 9.83. The van der Waals surface area contributed by atoms with Crippen LogP contribution in [0.5, 0.6) is 0 Å². The molecule has 0 saturated carbocycles. The summed E-state index contributed by atoms with van der Waals surface area (Å²) in [6.07, 6.45) is 1.04. The Morgan fingerprint density at radius 3 is 2.20 bits per heavy atom. The van der Waals surface area contributed by atoms with Gasteiger partial charge >= 0.3 is 0 Å². The molecule has 0 atom stereocenters. The number of anilines is 1. The second kappa shape index (κ2) is 4.24. The van der Waals surface area contributed by atoms with Gasteiger partial charge in [-0.05, 0) is 51.9 Å². The fourth-order valence-corrected chi connectivity index (χ4v) is 3.09. The van der Waals surface area contributed by atoms with Gasteiger partial charge in [-0.3, -0.25) is 0 Å². The first-order valence-corrected chi connectivity index (χ1v) is 6.89. The van der Waals surface area contributed by atoms with Crippen molar-refractivity contribution in [2.45, 2.75) is 6.42 Å². The second-order valence-electron chi connectivity index (χ2n) is 5.30. The Hall–Kier alpha value is -2.54. The highest BCUT2D eigenvalue weighted by Crippen LogP contribution is 2.42. The molecule has 0 aliphatic heterocycles. The minimum Gasteiger partial charge on any atom is -0.399 e. The molecule has 0 saturated heterocycles. The van der Waals surface area contributed by atoms with Crippen LogP contribution in [0, 0.1) is 0 Å². The quantitative estimate of drug-likeness (QED) is 0.499. The van der Waals surface area contributed by atoms with Gasteiger partial charge in [0.15, 0.2) is 0 Å². The molecule has 0 bridgehead atoms. The molecule has 4 rings (SSSR count). The largest absolute Gasteiger partial charge is 0.399 e. The number of benzene rings is 3. The summed E-state index contributed by atoms with van der Waals surface area (Å²) in [5, 5.41) is 0. The van der Waals surface area contributed by atoms with E-state index in [4.69, 9.17) is 5.73 Å². The molecule has 0 spiro atoms. The Bertz CT molecular complexity index is 785. The number of fused-ring (bicyclic) bond motifs is 3. The minimum atomic E-state index is 0.807. The third-order valence-electron chi connectivity index (χ3n) is 4.04. The highest BCUT2D eigenvalue weighted by molar-refractivity contribution is 5.90. The van der Waals surface area contributed by atoms with Gasteiger partial charge in [-0.25, -0.2) is 0 Å². The summed E-state index contributed by atoms with van der Waals surface area (Å²) in [6, 6.07) is 23.4. The van der Waals surface area contributed by atoms with Crippen molar-refractivity contribution in [3.8, 4) is 22.3 Å². The van der Waals surface area contributed by atoms with Crippen molar-refractivity contribution in [3.05, 3.63) is 77.9 Å². The van der Waals surface area contributed by atoms with Crippen LogP contribution < -0.4 is 5.73 Å². The van der Waals surface area contributed by atoms with Gasteiger partial charge in [0.05, 0.1) is 0 Å². The number of hydrogen-bond donors (Lipinski definition) is 1. The van der Waals surface area contributed by atoms with Gasteiger partial charge in [0, 0.05) is 5.69 Å². The van der Waals surface area contributed by atoms with E-state index in [2.05, 4.69) is 54.6 Å². The molecule has 2 N–H and O–H groups in total. The van der Waals surface area contributed by atoms with Gasteiger partial charge in [-0.2, -0.15) is 0 Å². The predicted molar refractivity (Wildman–Crippen MR) is 84.5 cm³/mol. The van der Waals surface area contributed by atoms with Crippen molar-refractivity contribution in [3.63, 3.8) is 0 Å². The lowest BCUT2D eigenvalue weighted by Gasteiger charge is -2.10. The summed E-state index contributed by atoms with van der Waals surface area (Å²) in [5.74, 6) is 0. The first-order valence-electron chi connectivity index (χ1n) is 6.89. The number of rotatable bonds is 1. The molecule has 20 heavy (non-hydrogen) atoms. The smallest absolute Gasteiger partial charge is 0.0314 e. The van der Waals surface area contributed by atoms with Crippen molar-refractivity contribution >= 4 is 5.69 Å². The molecular weight excluding hydrogens is 242 g/mol. The van der Waals surface area contributed by atoms with E-state index in [-0.39, 0.29) is 0 Å². The molecule has 0 heterocycles. The molecule has 96 valence electrons. The number of hydrogen-bond acceptors (Lipinski definition) is 1. The van der Waals surface area contributed by atoms with Gasteiger partial charge in [-0.15, -0.1) is 0 Å². The van der Waals surface area contributed by atoms with Gasteiger partial charge in [0.25, 0.3) is 0 Å². The molecule has 1 heteroatoms. The average Bonchev–Trinajstić information content (AvgIpc) is 2.86. The van der Waals surface area contributed by atoms with E-state index in [0.29, 0.717) is 0 Å². The molecule has 0 aromatic heterocycles. The lowest BCUT2D eigenvalue weighted by molar-refractivity contribution is 1.26. The zero-order valence-electron chi connectivity index (χ0n) is 11.1. The average molecular weight is 257 g/mol. The van der Waals surface area contributed by atoms with Crippen LogP contribution in [0.2, 0.25) is 0 Å². The van der Waals surface area contributed by atoms with E-state index >= 15 is 0 Å². The van der Waals surface area contributed by atoms with Gasteiger partial charge in [0.2, 0.25) is 0 Å². The summed E-state index contributed by atoms with van der Waals surface area (Å²) in [6.45, 7) is 0. The Labute approximate surface area is 118 Å². The molecule has 1 nitrogen and oxygen atoms in total.